The highest BCUT2D eigenvalue weighted by Gasteiger charge is 2.20. The molecule has 0 radical (unpaired) electrons. The SMILES string of the molecule is Cc1cccc(C2=C(C3C=CN/C(=C\CN)N3)C=CCP2)c1. The van der Waals surface area contributed by atoms with Crippen molar-refractivity contribution in [2.45, 2.75) is 13.0 Å². The Kier molecular flexibility index (Phi) is 4.77. The number of rotatable bonds is 3. The van der Waals surface area contributed by atoms with Gasteiger partial charge in [0.05, 0.1) is 6.04 Å². The minimum Gasteiger partial charge on any atom is -0.361 e. The van der Waals surface area contributed by atoms with Gasteiger partial charge in [0, 0.05) is 12.7 Å². The lowest BCUT2D eigenvalue weighted by Gasteiger charge is -2.28. The Hall–Kier alpha value is -1.83. The van der Waals surface area contributed by atoms with Crippen molar-refractivity contribution < 1.29 is 0 Å². The van der Waals surface area contributed by atoms with Crippen molar-refractivity contribution in [2.75, 3.05) is 12.7 Å². The number of benzene rings is 1. The van der Waals surface area contributed by atoms with Gasteiger partial charge in [0.25, 0.3) is 0 Å². The Morgan fingerprint density at radius 3 is 3.14 bits per heavy atom. The first-order valence-electron chi connectivity index (χ1n) is 7.59. The van der Waals surface area contributed by atoms with E-state index in [-0.39, 0.29) is 6.04 Å². The summed E-state index contributed by atoms with van der Waals surface area (Å²) in [6.07, 6.45) is 11.8. The van der Waals surface area contributed by atoms with Crippen molar-refractivity contribution in [3.05, 3.63) is 77.3 Å². The molecule has 4 N–H and O–H groups in total. The number of hydrogen-bond acceptors (Lipinski definition) is 3. The number of hydrogen-bond donors (Lipinski definition) is 3. The van der Waals surface area contributed by atoms with Gasteiger partial charge in [0.2, 0.25) is 0 Å². The monoisotopic (exact) mass is 311 g/mol. The van der Waals surface area contributed by atoms with Gasteiger partial charge in [-0.25, -0.2) is 0 Å². The fraction of sp³-hybridized carbons (Fsp3) is 0.222. The summed E-state index contributed by atoms with van der Waals surface area (Å²) >= 11 is 0. The van der Waals surface area contributed by atoms with E-state index in [9.17, 15) is 0 Å². The highest BCUT2D eigenvalue weighted by atomic mass is 31.1. The minimum absolute atomic E-state index is 0.193. The molecular weight excluding hydrogens is 289 g/mol. The summed E-state index contributed by atoms with van der Waals surface area (Å²) in [5, 5.41) is 8.18. The van der Waals surface area contributed by atoms with Crippen LogP contribution in [0.2, 0.25) is 0 Å². The summed E-state index contributed by atoms with van der Waals surface area (Å²) < 4.78 is 0. The van der Waals surface area contributed by atoms with Crippen molar-refractivity contribution >= 4 is 13.9 Å². The van der Waals surface area contributed by atoms with Crippen molar-refractivity contribution in [1.82, 2.24) is 10.6 Å². The Labute approximate surface area is 133 Å². The molecule has 1 aromatic carbocycles. The lowest BCUT2D eigenvalue weighted by atomic mass is 10.0. The summed E-state index contributed by atoms with van der Waals surface area (Å²) in [7, 11) is 0.819. The first-order valence-corrected chi connectivity index (χ1v) is 8.80. The minimum atomic E-state index is 0.193. The van der Waals surface area contributed by atoms with Crippen LogP contribution in [0.25, 0.3) is 5.31 Å². The highest BCUT2D eigenvalue weighted by Crippen LogP contribution is 2.41. The zero-order chi connectivity index (χ0) is 15.4. The Balaban J connectivity index is 1.98. The van der Waals surface area contributed by atoms with E-state index < -0.39 is 0 Å². The Morgan fingerprint density at radius 2 is 2.32 bits per heavy atom. The predicted molar refractivity (Wildman–Crippen MR) is 96.8 cm³/mol. The number of nitrogens with one attached hydrogen (secondary N) is 2. The second kappa shape index (κ2) is 6.95. The lowest BCUT2D eigenvalue weighted by Crippen LogP contribution is -2.37. The van der Waals surface area contributed by atoms with Crippen LogP contribution >= 0.6 is 8.58 Å². The van der Waals surface area contributed by atoms with E-state index in [0.717, 1.165) is 20.6 Å². The number of aryl methyl sites for hydroxylation is 1. The maximum atomic E-state index is 5.61. The van der Waals surface area contributed by atoms with Gasteiger partial charge < -0.3 is 16.4 Å². The normalized spacial score (nSPS) is 23.7. The molecule has 0 fully saturated rings. The molecule has 0 aromatic heterocycles. The fourth-order valence-corrected chi connectivity index (χ4v) is 4.01. The van der Waals surface area contributed by atoms with Gasteiger partial charge in [0.15, 0.2) is 0 Å². The molecule has 4 heteroatoms. The molecule has 3 nitrogen and oxygen atoms in total. The van der Waals surface area contributed by atoms with Crippen LogP contribution < -0.4 is 16.4 Å². The molecule has 0 spiro atoms. The van der Waals surface area contributed by atoms with E-state index in [4.69, 9.17) is 5.73 Å². The topological polar surface area (TPSA) is 50.1 Å². The maximum absolute atomic E-state index is 5.61. The first kappa shape index (κ1) is 15.1. The van der Waals surface area contributed by atoms with E-state index in [2.05, 4.69) is 60.1 Å². The summed E-state index contributed by atoms with van der Waals surface area (Å²) in [5.41, 5.74) is 9.62. The maximum Gasteiger partial charge on any atom is 0.101 e. The lowest BCUT2D eigenvalue weighted by molar-refractivity contribution is 0.683. The molecule has 0 amide bonds. The molecule has 22 heavy (non-hydrogen) atoms. The largest absolute Gasteiger partial charge is 0.361 e. The molecule has 2 aliphatic rings. The van der Waals surface area contributed by atoms with Crippen LogP contribution in [-0.2, 0) is 0 Å². The molecule has 2 aliphatic heterocycles. The molecule has 2 atom stereocenters. The van der Waals surface area contributed by atoms with Crippen LogP contribution in [-0.4, -0.2) is 18.7 Å². The molecular formula is C18H22N3P. The zero-order valence-corrected chi connectivity index (χ0v) is 13.8. The summed E-state index contributed by atoms with van der Waals surface area (Å²) in [6.45, 7) is 2.67. The quantitative estimate of drug-likeness (QED) is 0.752. The van der Waals surface area contributed by atoms with Crippen LogP contribution in [0.5, 0.6) is 0 Å². The van der Waals surface area contributed by atoms with Crippen LogP contribution in [0.15, 0.2) is 66.2 Å². The standard InChI is InChI=1S/C18H22N3P/c1-13-4-2-5-14(12-13)18-15(6-3-11-22-18)16-8-10-20-17(21-16)7-9-19/h2-8,10,12,16,20-22H,9,11,19H2,1H3/b17-7+. The van der Waals surface area contributed by atoms with Gasteiger partial charge in [-0.3, -0.25) is 0 Å². The fourth-order valence-electron chi connectivity index (χ4n) is 2.77. The van der Waals surface area contributed by atoms with Gasteiger partial charge in [-0.1, -0.05) is 50.6 Å². The Morgan fingerprint density at radius 1 is 1.41 bits per heavy atom. The van der Waals surface area contributed by atoms with Crippen molar-refractivity contribution in [1.29, 1.82) is 0 Å². The second-order valence-corrected chi connectivity index (χ2v) is 6.72. The molecule has 0 bridgehead atoms. The van der Waals surface area contributed by atoms with Crippen molar-refractivity contribution in [3.8, 4) is 0 Å². The summed E-state index contributed by atoms with van der Waals surface area (Å²) in [4.78, 5) is 0. The second-order valence-electron chi connectivity index (χ2n) is 5.46. The van der Waals surface area contributed by atoms with E-state index in [1.165, 1.54) is 22.0 Å². The van der Waals surface area contributed by atoms with Crippen molar-refractivity contribution in [3.63, 3.8) is 0 Å². The zero-order valence-electron chi connectivity index (χ0n) is 12.8. The Bertz CT molecular complexity index is 671. The van der Waals surface area contributed by atoms with Crippen LogP contribution in [0.3, 0.4) is 0 Å². The van der Waals surface area contributed by atoms with Gasteiger partial charge in [-0.05, 0) is 41.7 Å². The third kappa shape index (κ3) is 3.32. The van der Waals surface area contributed by atoms with Crippen LogP contribution in [0.1, 0.15) is 11.1 Å². The molecule has 3 rings (SSSR count). The molecule has 0 saturated heterocycles. The summed E-state index contributed by atoms with van der Waals surface area (Å²) in [5.74, 6) is 0.980. The first-order chi connectivity index (χ1) is 10.8. The van der Waals surface area contributed by atoms with Gasteiger partial charge >= 0.3 is 0 Å². The van der Waals surface area contributed by atoms with Crippen LogP contribution in [0, 0.1) is 6.92 Å². The number of allylic oxidation sites excluding steroid dienone is 1. The molecule has 2 unspecified atom stereocenters. The van der Waals surface area contributed by atoms with E-state index in [0.29, 0.717) is 6.54 Å². The molecule has 1 aromatic rings. The van der Waals surface area contributed by atoms with E-state index in [1.807, 2.05) is 12.3 Å². The van der Waals surface area contributed by atoms with E-state index in [1.54, 1.807) is 0 Å². The van der Waals surface area contributed by atoms with Gasteiger partial charge in [0.1, 0.15) is 5.82 Å². The molecule has 0 saturated carbocycles. The highest BCUT2D eigenvalue weighted by molar-refractivity contribution is 7.50. The summed E-state index contributed by atoms with van der Waals surface area (Å²) in [6, 6.07) is 8.98. The van der Waals surface area contributed by atoms with Crippen molar-refractivity contribution in [2.24, 2.45) is 5.73 Å². The average Bonchev–Trinajstić information content (AvgIpc) is 2.55. The molecule has 2 heterocycles. The predicted octanol–water partition coefficient (Wildman–Crippen LogP) is 2.83. The average molecular weight is 311 g/mol. The van der Waals surface area contributed by atoms with E-state index >= 15 is 0 Å². The third-order valence-electron chi connectivity index (χ3n) is 3.79. The molecule has 0 aliphatic carbocycles. The van der Waals surface area contributed by atoms with Gasteiger partial charge in [-0.2, -0.15) is 0 Å². The van der Waals surface area contributed by atoms with Gasteiger partial charge in [-0.15, -0.1) is 0 Å². The van der Waals surface area contributed by atoms with Crippen LogP contribution in [0.4, 0.5) is 0 Å². The third-order valence-corrected chi connectivity index (χ3v) is 5.16. The number of nitrogens with two attached hydrogens (primary N) is 1. The molecule has 114 valence electrons. The smallest absolute Gasteiger partial charge is 0.101 e.